The molecule has 0 unspecified atom stereocenters. The molecule has 0 aliphatic carbocycles. The Bertz CT molecular complexity index is 112. The summed E-state index contributed by atoms with van der Waals surface area (Å²) in [6, 6.07) is 0. The van der Waals surface area contributed by atoms with Crippen molar-refractivity contribution in [1.29, 1.82) is 0 Å². The van der Waals surface area contributed by atoms with E-state index in [1.165, 1.54) is 0 Å². The Kier molecular flexibility index (Phi) is 2.89. The fourth-order valence-electron chi connectivity index (χ4n) is 0.166. The molecule has 0 aromatic carbocycles. The minimum absolute atomic E-state index is 0. The molecule has 1 heterocycles. The second-order valence-corrected chi connectivity index (χ2v) is 0.786. The molecule has 1 aromatic rings. The predicted octanol–water partition coefficient (Wildman–Crippen LogP) is -1.87. The van der Waals surface area contributed by atoms with Crippen molar-refractivity contribution in [3.8, 4) is 0 Å². The molecular formula is CH4N5Na. The van der Waals surface area contributed by atoms with Gasteiger partial charge in [0, 0.05) is 0 Å². The summed E-state index contributed by atoms with van der Waals surface area (Å²) in [5.74, 6) is 0.245. The van der Waals surface area contributed by atoms with Gasteiger partial charge in [-0.25, -0.2) is 5.10 Å². The van der Waals surface area contributed by atoms with E-state index in [2.05, 4.69) is 20.6 Å². The average Bonchev–Trinajstić information content (AvgIpc) is 1.86. The molecule has 0 saturated heterocycles. The SMILES string of the molecule is Nc1nnn[nH]1.[NaH]. The molecule has 0 fully saturated rings. The van der Waals surface area contributed by atoms with Crippen LogP contribution in [0.4, 0.5) is 5.95 Å². The van der Waals surface area contributed by atoms with Crippen molar-refractivity contribution in [2.75, 3.05) is 5.73 Å². The van der Waals surface area contributed by atoms with Crippen molar-refractivity contribution < 1.29 is 0 Å². The Morgan fingerprint density at radius 2 is 2.29 bits per heavy atom. The van der Waals surface area contributed by atoms with E-state index in [-0.39, 0.29) is 35.5 Å². The van der Waals surface area contributed by atoms with Gasteiger partial charge in [0.25, 0.3) is 0 Å². The van der Waals surface area contributed by atoms with Crippen LogP contribution in [0.3, 0.4) is 0 Å². The zero-order chi connectivity index (χ0) is 4.41. The topological polar surface area (TPSA) is 80.5 Å². The first kappa shape index (κ1) is 6.87. The van der Waals surface area contributed by atoms with Crippen LogP contribution in [0, 0.1) is 0 Å². The fraction of sp³-hybridized carbons (Fsp3) is 0. The number of aromatic nitrogens is 4. The van der Waals surface area contributed by atoms with Gasteiger partial charge >= 0.3 is 29.6 Å². The first-order chi connectivity index (χ1) is 2.89. The third-order valence-corrected chi connectivity index (χ3v) is 0.362. The van der Waals surface area contributed by atoms with Crippen LogP contribution in [0.1, 0.15) is 0 Å². The van der Waals surface area contributed by atoms with Crippen molar-refractivity contribution in [2.24, 2.45) is 0 Å². The van der Waals surface area contributed by atoms with Crippen molar-refractivity contribution >= 4 is 35.5 Å². The molecule has 0 bridgehead atoms. The van der Waals surface area contributed by atoms with Crippen molar-refractivity contribution in [3.05, 3.63) is 0 Å². The van der Waals surface area contributed by atoms with Crippen LogP contribution in [-0.4, -0.2) is 50.2 Å². The molecule has 34 valence electrons. The maximum absolute atomic E-state index is 4.99. The number of rotatable bonds is 0. The predicted molar refractivity (Wildman–Crippen MR) is 25.7 cm³/mol. The molecule has 0 radical (unpaired) electrons. The van der Waals surface area contributed by atoms with Gasteiger partial charge in [-0.2, -0.15) is 0 Å². The molecule has 1 rings (SSSR count). The van der Waals surface area contributed by atoms with Gasteiger partial charge in [0.1, 0.15) is 0 Å². The number of aromatic amines is 1. The van der Waals surface area contributed by atoms with E-state index < -0.39 is 0 Å². The number of anilines is 1. The van der Waals surface area contributed by atoms with Crippen LogP contribution in [0.2, 0.25) is 0 Å². The summed E-state index contributed by atoms with van der Waals surface area (Å²) < 4.78 is 0. The second-order valence-electron chi connectivity index (χ2n) is 0.786. The zero-order valence-corrected chi connectivity index (χ0v) is 2.92. The number of hydrogen-bond acceptors (Lipinski definition) is 4. The Hall–Kier alpha value is -0.130. The number of H-pyrrole nitrogens is 1. The molecule has 5 nitrogen and oxygen atoms in total. The quantitative estimate of drug-likeness (QED) is 0.382. The maximum atomic E-state index is 4.99. The van der Waals surface area contributed by atoms with Crippen LogP contribution in [0.15, 0.2) is 0 Å². The van der Waals surface area contributed by atoms with Gasteiger partial charge in [0.2, 0.25) is 5.95 Å². The Labute approximate surface area is 62.0 Å². The van der Waals surface area contributed by atoms with E-state index in [1.54, 1.807) is 0 Å². The number of nitrogens with zero attached hydrogens (tertiary/aromatic N) is 3. The normalized spacial score (nSPS) is 7.43. The summed E-state index contributed by atoms with van der Waals surface area (Å²) in [4.78, 5) is 0. The first-order valence-corrected chi connectivity index (χ1v) is 1.39. The summed E-state index contributed by atoms with van der Waals surface area (Å²) in [7, 11) is 0. The second kappa shape index (κ2) is 2.95. The number of hydrogen-bond donors (Lipinski definition) is 2. The summed E-state index contributed by atoms with van der Waals surface area (Å²) in [6.07, 6.45) is 0. The van der Waals surface area contributed by atoms with Crippen molar-refractivity contribution in [2.45, 2.75) is 0 Å². The average molecular weight is 109 g/mol. The summed E-state index contributed by atoms with van der Waals surface area (Å²) in [5, 5.41) is 11.9. The zero-order valence-electron chi connectivity index (χ0n) is 2.92. The third kappa shape index (κ3) is 1.86. The minimum atomic E-state index is 0. The van der Waals surface area contributed by atoms with Crippen LogP contribution in [-0.2, 0) is 0 Å². The first-order valence-electron chi connectivity index (χ1n) is 1.39. The molecule has 0 aliphatic rings. The van der Waals surface area contributed by atoms with Crippen LogP contribution < -0.4 is 5.73 Å². The molecule has 0 amide bonds. The van der Waals surface area contributed by atoms with Crippen LogP contribution in [0.25, 0.3) is 0 Å². The summed E-state index contributed by atoms with van der Waals surface area (Å²) in [5.41, 5.74) is 4.99. The summed E-state index contributed by atoms with van der Waals surface area (Å²) >= 11 is 0. The van der Waals surface area contributed by atoms with Gasteiger partial charge in [-0.15, -0.1) is 0 Å². The van der Waals surface area contributed by atoms with Crippen LogP contribution in [0.5, 0.6) is 0 Å². The van der Waals surface area contributed by atoms with Crippen molar-refractivity contribution in [1.82, 2.24) is 20.6 Å². The summed E-state index contributed by atoms with van der Waals surface area (Å²) in [6.45, 7) is 0. The molecule has 0 spiro atoms. The van der Waals surface area contributed by atoms with Gasteiger partial charge in [0.15, 0.2) is 0 Å². The molecule has 1 aromatic heterocycles. The molecule has 0 atom stereocenters. The number of nitrogens with one attached hydrogen (secondary N) is 1. The standard InChI is InChI=1S/CH3N5.Na.H/c2-1-3-5-6-4-1;;/h(H3,2,3,4,5,6);;. The van der Waals surface area contributed by atoms with E-state index in [9.17, 15) is 0 Å². The third-order valence-electron chi connectivity index (χ3n) is 0.362. The Morgan fingerprint density at radius 3 is 2.43 bits per heavy atom. The molecule has 6 heteroatoms. The number of nitrogen functional groups attached to an aromatic ring is 1. The number of tetrazole rings is 1. The Morgan fingerprint density at radius 1 is 1.57 bits per heavy atom. The molecule has 0 aliphatic heterocycles. The van der Waals surface area contributed by atoms with E-state index in [4.69, 9.17) is 5.73 Å². The molecule has 3 N–H and O–H groups in total. The Balaban J connectivity index is 0.000000360. The van der Waals surface area contributed by atoms with E-state index in [0.29, 0.717) is 0 Å². The van der Waals surface area contributed by atoms with Crippen LogP contribution >= 0.6 is 0 Å². The van der Waals surface area contributed by atoms with Gasteiger partial charge in [-0.3, -0.25) is 0 Å². The van der Waals surface area contributed by atoms with Gasteiger partial charge in [0.05, 0.1) is 0 Å². The van der Waals surface area contributed by atoms with Gasteiger partial charge in [-0.05, 0) is 10.4 Å². The van der Waals surface area contributed by atoms with E-state index >= 15 is 0 Å². The van der Waals surface area contributed by atoms with Gasteiger partial charge < -0.3 is 5.73 Å². The van der Waals surface area contributed by atoms with E-state index in [0.717, 1.165) is 0 Å². The van der Waals surface area contributed by atoms with E-state index in [1.807, 2.05) is 0 Å². The molecule has 7 heavy (non-hydrogen) atoms. The van der Waals surface area contributed by atoms with Crippen molar-refractivity contribution in [3.63, 3.8) is 0 Å². The molecular weight excluding hydrogens is 105 g/mol. The monoisotopic (exact) mass is 109 g/mol. The fourth-order valence-corrected chi connectivity index (χ4v) is 0.166. The number of nitrogens with two attached hydrogens (primary N) is 1. The molecule has 0 saturated carbocycles. The van der Waals surface area contributed by atoms with Gasteiger partial charge in [-0.1, -0.05) is 5.10 Å².